The Kier molecular flexibility index (Phi) is 3.14. The average Bonchev–Trinajstić information content (AvgIpc) is 2.68. The minimum absolute atomic E-state index is 0.238. The number of aliphatic hydroxyl groups is 1. The molecule has 1 aliphatic rings. The summed E-state index contributed by atoms with van der Waals surface area (Å²) in [4.78, 5) is 0. The minimum Gasteiger partial charge on any atom is -0.396 e. The molecule has 19 heavy (non-hydrogen) atoms. The summed E-state index contributed by atoms with van der Waals surface area (Å²) in [6, 6.07) is 6.66. The Labute approximate surface area is 115 Å². The summed E-state index contributed by atoms with van der Waals surface area (Å²) in [5, 5.41) is 11.2. The molecule has 0 amide bonds. The van der Waals surface area contributed by atoms with Crippen LogP contribution in [0.15, 0.2) is 18.2 Å². The van der Waals surface area contributed by atoms with E-state index < -0.39 is 0 Å². The van der Waals surface area contributed by atoms with Crippen LogP contribution in [0.4, 0.5) is 0 Å². The van der Waals surface area contributed by atoms with Crippen molar-refractivity contribution in [1.29, 1.82) is 0 Å². The van der Waals surface area contributed by atoms with Crippen molar-refractivity contribution in [3.8, 4) is 0 Å². The van der Waals surface area contributed by atoms with Crippen LogP contribution in [0.5, 0.6) is 0 Å². The van der Waals surface area contributed by atoms with E-state index in [2.05, 4.69) is 43.5 Å². The highest BCUT2D eigenvalue weighted by Gasteiger charge is 2.25. The van der Waals surface area contributed by atoms with E-state index in [9.17, 15) is 5.11 Å². The van der Waals surface area contributed by atoms with Gasteiger partial charge in [0.15, 0.2) is 0 Å². The molecular weight excluding hydrogens is 234 g/mol. The Balaban J connectivity index is 2.32. The molecule has 1 aliphatic heterocycles. The molecular formula is C17H23NO. The maximum Gasteiger partial charge on any atom is 0.0517 e. The Morgan fingerprint density at radius 2 is 2.11 bits per heavy atom. The van der Waals surface area contributed by atoms with Gasteiger partial charge < -0.3 is 9.67 Å². The Bertz CT molecular complexity index is 609. The Morgan fingerprint density at radius 3 is 2.79 bits per heavy atom. The van der Waals surface area contributed by atoms with Crippen molar-refractivity contribution < 1.29 is 5.11 Å². The number of aromatic nitrogens is 1. The summed E-state index contributed by atoms with van der Waals surface area (Å²) in [7, 11) is 0. The van der Waals surface area contributed by atoms with Gasteiger partial charge in [-0.05, 0) is 36.8 Å². The highest BCUT2D eigenvalue weighted by Crippen LogP contribution is 2.38. The summed E-state index contributed by atoms with van der Waals surface area (Å²) >= 11 is 0. The molecule has 1 N–H and O–H groups in total. The number of hydrogen-bond donors (Lipinski definition) is 1. The van der Waals surface area contributed by atoms with E-state index in [4.69, 9.17) is 0 Å². The molecule has 2 heterocycles. The van der Waals surface area contributed by atoms with E-state index in [1.165, 1.54) is 40.6 Å². The fourth-order valence-electron chi connectivity index (χ4n) is 3.65. The van der Waals surface area contributed by atoms with Crippen molar-refractivity contribution in [2.45, 2.75) is 46.1 Å². The van der Waals surface area contributed by atoms with Crippen LogP contribution < -0.4 is 0 Å². The second-order valence-corrected chi connectivity index (χ2v) is 6.10. The lowest BCUT2D eigenvalue weighted by atomic mass is 9.87. The molecule has 0 saturated heterocycles. The fourth-order valence-corrected chi connectivity index (χ4v) is 3.65. The molecule has 0 aliphatic carbocycles. The van der Waals surface area contributed by atoms with Crippen LogP contribution in [-0.2, 0) is 13.0 Å². The average molecular weight is 257 g/mol. The van der Waals surface area contributed by atoms with Crippen molar-refractivity contribution in [2.24, 2.45) is 5.92 Å². The summed E-state index contributed by atoms with van der Waals surface area (Å²) < 4.78 is 2.47. The monoisotopic (exact) mass is 257 g/mol. The summed E-state index contributed by atoms with van der Waals surface area (Å²) in [6.07, 6.45) is 2.41. The SMILES string of the molecule is Cc1c(C(CO)C(C)C)c2cccc3c2n1CCC3. The smallest absolute Gasteiger partial charge is 0.0517 e. The van der Waals surface area contributed by atoms with Crippen LogP contribution in [0.25, 0.3) is 10.9 Å². The Hall–Kier alpha value is -1.28. The zero-order chi connectivity index (χ0) is 13.6. The van der Waals surface area contributed by atoms with Crippen molar-refractivity contribution >= 4 is 10.9 Å². The van der Waals surface area contributed by atoms with Gasteiger partial charge in [0.05, 0.1) is 12.1 Å². The molecule has 0 fully saturated rings. The zero-order valence-electron chi connectivity index (χ0n) is 12.1. The van der Waals surface area contributed by atoms with Gasteiger partial charge in [-0.3, -0.25) is 0 Å². The zero-order valence-corrected chi connectivity index (χ0v) is 12.1. The molecule has 0 saturated carbocycles. The van der Waals surface area contributed by atoms with Gasteiger partial charge in [0.25, 0.3) is 0 Å². The molecule has 2 heteroatoms. The molecule has 2 aromatic rings. The first-order valence-electron chi connectivity index (χ1n) is 7.36. The van der Waals surface area contributed by atoms with Gasteiger partial charge in [-0.2, -0.15) is 0 Å². The lowest BCUT2D eigenvalue weighted by Crippen LogP contribution is -2.13. The highest BCUT2D eigenvalue weighted by molar-refractivity contribution is 5.89. The van der Waals surface area contributed by atoms with Crippen LogP contribution in [0.3, 0.4) is 0 Å². The number of nitrogens with zero attached hydrogens (tertiary/aromatic N) is 1. The second-order valence-electron chi connectivity index (χ2n) is 6.10. The first-order valence-corrected chi connectivity index (χ1v) is 7.36. The van der Waals surface area contributed by atoms with Crippen molar-refractivity contribution in [1.82, 2.24) is 4.57 Å². The topological polar surface area (TPSA) is 25.2 Å². The number of aryl methyl sites for hydroxylation is 2. The highest BCUT2D eigenvalue weighted by atomic mass is 16.3. The van der Waals surface area contributed by atoms with Crippen molar-refractivity contribution in [2.75, 3.05) is 6.61 Å². The van der Waals surface area contributed by atoms with E-state index in [0.29, 0.717) is 5.92 Å². The third kappa shape index (κ3) is 1.81. The van der Waals surface area contributed by atoms with Crippen molar-refractivity contribution in [3.05, 3.63) is 35.0 Å². The third-order valence-corrected chi connectivity index (χ3v) is 4.67. The van der Waals surface area contributed by atoms with E-state index in [1.54, 1.807) is 0 Å². The number of rotatable bonds is 3. The minimum atomic E-state index is 0.238. The molecule has 1 atom stereocenters. The lowest BCUT2D eigenvalue weighted by Gasteiger charge is -2.19. The predicted octanol–water partition coefficient (Wildman–Crippen LogP) is 3.63. The number of hydrogen-bond acceptors (Lipinski definition) is 1. The normalized spacial score (nSPS) is 16.3. The molecule has 1 unspecified atom stereocenters. The van der Waals surface area contributed by atoms with Gasteiger partial charge in [0, 0.05) is 23.5 Å². The summed E-state index contributed by atoms with van der Waals surface area (Å²) in [5.74, 6) is 0.712. The second kappa shape index (κ2) is 4.68. The fraction of sp³-hybridized carbons (Fsp3) is 0.529. The van der Waals surface area contributed by atoms with E-state index in [-0.39, 0.29) is 12.5 Å². The first-order chi connectivity index (χ1) is 9.15. The van der Waals surface area contributed by atoms with Crippen LogP contribution in [0, 0.1) is 12.8 Å². The Morgan fingerprint density at radius 1 is 1.32 bits per heavy atom. The predicted molar refractivity (Wildman–Crippen MR) is 79.7 cm³/mol. The number of aliphatic hydroxyl groups excluding tert-OH is 1. The summed E-state index contributed by atoms with van der Waals surface area (Å²) in [6.45, 7) is 7.98. The molecule has 2 nitrogen and oxygen atoms in total. The maximum atomic E-state index is 9.79. The van der Waals surface area contributed by atoms with Gasteiger partial charge in [0.1, 0.15) is 0 Å². The van der Waals surface area contributed by atoms with Gasteiger partial charge in [-0.25, -0.2) is 0 Å². The van der Waals surface area contributed by atoms with E-state index >= 15 is 0 Å². The molecule has 102 valence electrons. The molecule has 0 bridgehead atoms. The van der Waals surface area contributed by atoms with Gasteiger partial charge in [-0.15, -0.1) is 0 Å². The van der Waals surface area contributed by atoms with Gasteiger partial charge in [-0.1, -0.05) is 32.0 Å². The quantitative estimate of drug-likeness (QED) is 0.892. The van der Waals surface area contributed by atoms with Crippen LogP contribution >= 0.6 is 0 Å². The van der Waals surface area contributed by atoms with Crippen molar-refractivity contribution in [3.63, 3.8) is 0 Å². The standard InChI is InChI=1S/C17H23NO/c1-11(2)15(10-19)16-12(3)18-9-5-7-13-6-4-8-14(16)17(13)18/h4,6,8,11,15,19H,5,7,9-10H2,1-3H3. The first kappa shape index (κ1) is 12.7. The molecule has 0 radical (unpaired) electrons. The molecule has 0 spiro atoms. The number of benzene rings is 1. The molecule has 1 aromatic carbocycles. The third-order valence-electron chi connectivity index (χ3n) is 4.67. The largest absolute Gasteiger partial charge is 0.396 e. The summed E-state index contributed by atoms with van der Waals surface area (Å²) in [5.41, 5.74) is 5.62. The molecule has 3 rings (SSSR count). The maximum absolute atomic E-state index is 9.79. The van der Waals surface area contributed by atoms with Crippen LogP contribution in [-0.4, -0.2) is 16.3 Å². The van der Waals surface area contributed by atoms with Crippen LogP contribution in [0.2, 0.25) is 0 Å². The van der Waals surface area contributed by atoms with E-state index in [0.717, 1.165) is 6.54 Å². The lowest BCUT2D eigenvalue weighted by molar-refractivity contribution is 0.237. The van der Waals surface area contributed by atoms with Gasteiger partial charge in [0.2, 0.25) is 0 Å². The molecule has 1 aromatic heterocycles. The number of para-hydroxylation sites is 1. The van der Waals surface area contributed by atoms with Crippen LogP contribution in [0.1, 0.15) is 43.0 Å². The van der Waals surface area contributed by atoms with Gasteiger partial charge >= 0.3 is 0 Å². The van der Waals surface area contributed by atoms with E-state index in [1.807, 2.05) is 0 Å².